The molecular weight excluding hydrogens is 462 g/mol. The zero-order valence-corrected chi connectivity index (χ0v) is 21.5. The normalized spacial score (nSPS) is 18.0. The highest BCUT2D eigenvalue weighted by atomic mass is 35.5. The van der Waals surface area contributed by atoms with Gasteiger partial charge in [0, 0.05) is 69.5 Å². The molecule has 2 aliphatic rings. The van der Waals surface area contributed by atoms with Gasteiger partial charge in [-0.05, 0) is 51.0 Å². The topological polar surface area (TPSA) is 80.4 Å². The second-order valence-corrected chi connectivity index (χ2v) is 10.3. The van der Waals surface area contributed by atoms with Crippen LogP contribution in [-0.4, -0.2) is 82.0 Å². The van der Waals surface area contributed by atoms with Crippen molar-refractivity contribution >= 4 is 40.0 Å². The fourth-order valence-electron chi connectivity index (χ4n) is 5.08. The van der Waals surface area contributed by atoms with Gasteiger partial charge >= 0.3 is 0 Å². The first-order valence-corrected chi connectivity index (χ1v) is 12.9. The summed E-state index contributed by atoms with van der Waals surface area (Å²) in [5.74, 6) is 0.925. The second kappa shape index (κ2) is 10.0. The Kier molecular flexibility index (Phi) is 6.84. The van der Waals surface area contributed by atoms with Gasteiger partial charge in [-0.25, -0.2) is 9.97 Å². The number of hydrogen-bond donors (Lipinski definition) is 2. The van der Waals surface area contributed by atoms with E-state index in [9.17, 15) is 4.79 Å². The van der Waals surface area contributed by atoms with Gasteiger partial charge < -0.3 is 25.0 Å². The third-order valence-corrected chi connectivity index (χ3v) is 7.59. The van der Waals surface area contributed by atoms with Gasteiger partial charge in [0.05, 0.1) is 16.9 Å². The smallest absolute Gasteiger partial charge is 0.219 e. The average Bonchev–Trinajstić information content (AvgIpc) is 3.31. The van der Waals surface area contributed by atoms with Gasteiger partial charge in [0.2, 0.25) is 5.91 Å². The summed E-state index contributed by atoms with van der Waals surface area (Å²) in [6, 6.07) is 9.36. The molecule has 0 aliphatic carbocycles. The maximum absolute atomic E-state index is 11.6. The number of halogens is 1. The highest BCUT2D eigenvalue weighted by Crippen LogP contribution is 2.32. The van der Waals surface area contributed by atoms with E-state index in [1.165, 1.54) is 0 Å². The van der Waals surface area contributed by atoms with E-state index in [0.717, 1.165) is 86.0 Å². The lowest BCUT2D eigenvalue weighted by molar-refractivity contribution is -0.129. The van der Waals surface area contributed by atoms with E-state index in [2.05, 4.69) is 63.2 Å². The number of rotatable bonds is 5. The number of amides is 1. The standard InChI is InChI=1S/C26H34ClN7O/c1-17(2)32-10-8-20(9-11-32)29-23-22(27)16-28-26-24(23)30-25(31-26)19-4-6-21(7-5-19)34-14-12-33(13-15-34)18(3)35/h4-7,16-17,20H,8-15H2,1-3H3,(H2,28,29,30,31). The van der Waals surface area contributed by atoms with Gasteiger partial charge in [-0.3, -0.25) is 4.79 Å². The molecule has 4 heterocycles. The number of likely N-dealkylation sites (tertiary alicyclic amines) is 1. The first-order valence-electron chi connectivity index (χ1n) is 12.5. The molecule has 2 aliphatic heterocycles. The number of aromatic amines is 1. The zero-order valence-electron chi connectivity index (χ0n) is 20.7. The van der Waals surface area contributed by atoms with Crippen LogP contribution in [-0.2, 0) is 4.79 Å². The fraction of sp³-hybridized carbons (Fsp3) is 0.500. The molecular formula is C26H34ClN7O. The molecule has 0 spiro atoms. The van der Waals surface area contributed by atoms with Crippen LogP contribution in [0.5, 0.6) is 0 Å². The number of nitrogens with one attached hydrogen (secondary N) is 2. The lowest BCUT2D eigenvalue weighted by Crippen LogP contribution is -2.48. The molecule has 35 heavy (non-hydrogen) atoms. The molecule has 1 aromatic carbocycles. The average molecular weight is 496 g/mol. The number of hydrogen-bond acceptors (Lipinski definition) is 6. The van der Waals surface area contributed by atoms with Crippen molar-refractivity contribution in [2.45, 2.75) is 45.7 Å². The molecule has 0 radical (unpaired) electrons. The number of nitrogens with zero attached hydrogens (tertiary/aromatic N) is 5. The van der Waals surface area contributed by atoms with Gasteiger partial charge in [-0.15, -0.1) is 0 Å². The Morgan fingerprint density at radius 3 is 2.40 bits per heavy atom. The van der Waals surface area contributed by atoms with Crippen molar-refractivity contribution in [1.82, 2.24) is 24.8 Å². The van der Waals surface area contributed by atoms with E-state index in [-0.39, 0.29) is 5.91 Å². The second-order valence-electron chi connectivity index (χ2n) is 9.85. The minimum atomic E-state index is 0.147. The number of carbonyl (C=O) groups excluding carboxylic acids is 1. The highest BCUT2D eigenvalue weighted by molar-refractivity contribution is 6.34. The van der Waals surface area contributed by atoms with Gasteiger partial charge in [-0.1, -0.05) is 11.6 Å². The summed E-state index contributed by atoms with van der Waals surface area (Å²) in [6.07, 6.45) is 3.86. The first kappa shape index (κ1) is 23.9. The van der Waals surface area contributed by atoms with Crippen LogP contribution in [0.4, 0.5) is 11.4 Å². The van der Waals surface area contributed by atoms with Crippen LogP contribution in [0, 0.1) is 0 Å². The van der Waals surface area contributed by atoms with E-state index in [4.69, 9.17) is 16.6 Å². The Balaban J connectivity index is 1.31. The molecule has 1 amide bonds. The molecule has 5 rings (SSSR count). The number of anilines is 2. The number of benzene rings is 1. The Bertz CT molecular complexity index is 1180. The summed E-state index contributed by atoms with van der Waals surface area (Å²) in [7, 11) is 0. The van der Waals surface area contributed by atoms with Crippen LogP contribution >= 0.6 is 11.6 Å². The molecule has 2 saturated heterocycles. The molecule has 9 heteroatoms. The van der Waals surface area contributed by atoms with Crippen LogP contribution in [0.2, 0.25) is 5.02 Å². The van der Waals surface area contributed by atoms with Crippen molar-refractivity contribution in [3.8, 4) is 11.4 Å². The molecule has 2 aromatic heterocycles. The SMILES string of the molecule is CC(=O)N1CCN(c2ccc(-c3nc4c(NC5CCN(C(C)C)CC5)c(Cl)cnc4[nH]3)cc2)CC1. The van der Waals surface area contributed by atoms with Crippen LogP contribution in [0.3, 0.4) is 0 Å². The number of H-pyrrole nitrogens is 1. The van der Waals surface area contributed by atoms with Crippen molar-refractivity contribution in [3.63, 3.8) is 0 Å². The lowest BCUT2D eigenvalue weighted by atomic mass is 10.0. The zero-order chi connectivity index (χ0) is 24.5. The molecule has 0 atom stereocenters. The van der Waals surface area contributed by atoms with Gasteiger partial charge in [0.25, 0.3) is 0 Å². The third kappa shape index (κ3) is 5.09. The molecule has 3 aromatic rings. The summed E-state index contributed by atoms with van der Waals surface area (Å²) < 4.78 is 0. The Labute approximate surface area is 211 Å². The van der Waals surface area contributed by atoms with Crippen molar-refractivity contribution in [2.24, 2.45) is 0 Å². The molecule has 0 unspecified atom stereocenters. The van der Waals surface area contributed by atoms with Crippen molar-refractivity contribution in [2.75, 3.05) is 49.5 Å². The predicted octanol–water partition coefficient (Wildman–Crippen LogP) is 4.23. The van der Waals surface area contributed by atoms with Gasteiger partial charge in [-0.2, -0.15) is 0 Å². The Morgan fingerprint density at radius 1 is 1.09 bits per heavy atom. The predicted molar refractivity (Wildman–Crippen MR) is 142 cm³/mol. The van der Waals surface area contributed by atoms with E-state index in [1.54, 1.807) is 13.1 Å². The monoisotopic (exact) mass is 495 g/mol. The number of piperidine rings is 1. The maximum atomic E-state index is 11.6. The third-order valence-electron chi connectivity index (χ3n) is 7.31. The molecule has 2 N–H and O–H groups in total. The quantitative estimate of drug-likeness (QED) is 0.551. The minimum absolute atomic E-state index is 0.147. The van der Waals surface area contributed by atoms with Crippen LogP contribution in [0.25, 0.3) is 22.6 Å². The Morgan fingerprint density at radius 2 is 1.77 bits per heavy atom. The highest BCUT2D eigenvalue weighted by Gasteiger charge is 2.23. The largest absolute Gasteiger partial charge is 0.379 e. The van der Waals surface area contributed by atoms with E-state index >= 15 is 0 Å². The first-order chi connectivity index (χ1) is 16.9. The van der Waals surface area contributed by atoms with Crippen LogP contribution in [0.15, 0.2) is 30.5 Å². The van der Waals surface area contributed by atoms with Crippen LogP contribution in [0.1, 0.15) is 33.6 Å². The van der Waals surface area contributed by atoms with E-state index in [0.29, 0.717) is 17.1 Å². The molecule has 0 bridgehead atoms. The summed E-state index contributed by atoms with van der Waals surface area (Å²) in [6.45, 7) is 11.5. The van der Waals surface area contributed by atoms with E-state index < -0.39 is 0 Å². The maximum Gasteiger partial charge on any atom is 0.219 e. The fourth-order valence-corrected chi connectivity index (χ4v) is 5.27. The number of fused-ring (bicyclic) bond motifs is 1. The summed E-state index contributed by atoms with van der Waals surface area (Å²) in [5, 5.41) is 4.26. The summed E-state index contributed by atoms with van der Waals surface area (Å²) in [5.41, 5.74) is 4.53. The molecule has 2 fully saturated rings. The number of imidazole rings is 1. The Hall–Kier alpha value is -2.84. The number of pyridine rings is 1. The van der Waals surface area contributed by atoms with Crippen LogP contribution < -0.4 is 10.2 Å². The lowest BCUT2D eigenvalue weighted by Gasteiger charge is -2.35. The van der Waals surface area contributed by atoms with Crippen molar-refractivity contribution in [1.29, 1.82) is 0 Å². The van der Waals surface area contributed by atoms with E-state index in [1.807, 2.05) is 4.90 Å². The molecule has 8 nitrogen and oxygen atoms in total. The number of carbonyl (C=O) groups is 1. The summed E-state index contributed by atoms with van der Waals surface area (Å²) >= 11 is 6.57. The summed E-state index contributed by atoms with van der Waals surface area (Å²) in [4.78, 5) is 31.1. The van der Waals surface area contributed by atoms with Crippen molar-refractivity contribution in [3.05, 3.63) is 35.5 Å². The molecule has 0 saturated carbocycles. The number of aromatic nitrogens is 3. The van der Waals surface area contributed by atoms with Crippen molar-refractivity contribution < 1.29 is 4.79 Å². The van der Waals surface area contributed by atoms with Gasteiger partial charge in [0.1, 0.15) is 11.3 Å². The minimum Gasteiger partial charge on any atom is -0.379 e. The number of piperazine rings is 1. The molecule has 186 valence electrons. The van der Waals surface area contributed by atoms with Gasteiger partial charge in [0.15, 0.2) is 5.65 Å².